The van der Waals surface area contributed by atoms with E-state index in [1.165, 1.54) is 28.3 Å². The van der Waals surface area contributed by atoms with Crippen LogP contribution < -0.4 is 5.32 Å². The van der Waals surface area contributed by atoms with E-state index in [-0.39, 0.29) is 37.0 Å². The van der Waals surface area contributed by atoms with Crippen LogP contribution in [0.25, 0.3) is 6.08 Å². The average molecular weight is 514 g/mol. The lowest BCUT2D eigenvalue weighted by molar-refractivity contribution is -0.183. The predicted octanol–water partition coefficient (Wildman–Crippen LogP) is 2.12. The van der Waals surface area contributed by atoms with Gasteiger partial charge in [-0.05, 0) is 67.8 Å². The molecule has 2 aromatic carbocycles. The van der Waals surface area contributed by atoms with Crippen LogP contribution in [-0.2, 0) is 10.2 Å². The number of carbonyl (C=O) groups excluding carboxylic acids is 1. The Labute approximate surface area is 215 Å². The fourth-order valence-corrected chi connectivity index (χ4v) is 5.94. The SMILES string of the molecule is O=C(/C=C/c1cc(F)cc(F)c1)N1CCC(O)(C(O)CN2CCC3(CC2)CNc2ccccc23)C(O)C1. The van der Waals surface area contributed by atoms with Gasteiger partial charge in [-0.25, -0.2) is 8.78 Å². The van der Waals surface area contributed by atoms with Crippen LogP contribution >= 0.6 is 0 Å². The van der Waals surface area contributed by atoms with Crippen LogP contribution in [0.1, 0.15) is 30.4 Å². The van der Waals surface area contributed by atoms with Crippen LogP contribution in [0.5, 0.6) is 0 Å². The van der Waals surface area contributed by atoms with Crippen LogP contribution in [0.15, 0.2) is 48.5 Å². The van der Waals surface area contributed by atoms with E-state index in [9.17, 15) is 28.9 Å². The van der Waals surface area contributed by atoms with Gasteiger partial charge in [0.25, 0.3) is 0 Å². The Bertz CT molecular complexity index is 1160. The smallest absolute Gasteiger partial charge is 0.246 e. The van der Waals surface area contributed by atoms with Gasteiger partial charge in [-0.3, -0.25) is 4.79 Å². The number of anilines is 1. The summed E-state index contributed by atoms with van der Waals surface area (Å²) in [6.07, 6.45) is 1.87. The highest BCUT2D eigenvalue weighted by atomic mass is 19.1. The molecule has 0 aliphatic carbocycles. The molecule has 4 N–H and O–H groups in total. The monoisotopic (exact) mass is 513 g/mol. The Morgan fingerprint density at radius 3 is 2.51 bits per heavy atom. The van der Waals surface area contributed by atoms with Crippen molar-refractivity contribution in [1.82, 2.24) is 9.80 Å². The Morgan fingerprint density at radius 1 is 1.11 bits per heavy atom. The molecule has 3 unspecified atom stereocenters. The number of carbonyl (C=O) groups is 1. The van der Waals surface area contributed by atoms with Gasteiger partial charge in [0.1, 0.15) is 23.3 Å². The summed E-state index contributed by atoms with van der Waals surface area (Å²) in [4.78, 5) is 16.1. The molecule has 7 nitrogen and oxygen atoms in total. The van der Waals surface area contributed by atoms with Gasteiger partial charge < -0.3 is 30.4 Å². The average Bonchev–Trinajstić information content (AvgIpc) is 3.23. The van der Waals surface area contributed by atoms with Crippen LogP contribution in [-0.4, -0.2) is 88.1 Å². The molecule has 2 saturated heterocycles. The molecule has 198 valence electrons. The fraction of sp³-hybridized carbons (Fsp3) is 0.464. The molecule has 0 saturated carbocycles. The van der Waals surface area contributed by atoms with E-state index in [1.807, 2.05) is 6.07 Å². The molecule has 0 aromatic heterocycles. The molecule has 3 aliphatic rings. The van der Waals surface area contributed by atoms with Gasteiger partial charge in [-0.2, -0.15) is 0 Å². The molecule has 0 radical (unpaired) electrons. The minimum absolute atomic E-state index is 0.0125. The topological polar surface area (TPSA) is 96.3 Å². The van der Waals surface area contributed by atoms with Gasteiger partial charge in [0, 0.05) is 49.4 Å². The zero-order chi connectivity index (χ0) is 26.2. The Morgan fingerprint density at radius 2 is 1.81 bits per heavy atom. The van der Waals surface area contributed by atoms with Gasteiger partial charge in [-0.1, -0.05) is 18.2 Å². The first-order chi connectivity index (χ1) is 17.7. The van der Waals surface area contributed by atoms with Crippen molar-refractivity contribution in [3.63, 3.8) is 0 Å². The van der Waals surface area contributed by atoms with Crippen molar-refractivity contribution in [3.05, 3.63) is 71.3 Å². The number of β-amino-alcohol motifs (C(OH)–C–C–N with tert-alkyl or cyclic N) is 2. The van der Waals surface area contributed by atoms with Crippen molar-refractivity contribution in [2.24, 2.45) is 0 Å². The van der Waals surface area contributed by atoms with Crippen molar-refractivity contribution in [2.75, 3.05) is 44.6 Å². The summed E-state index contributed by atoms with van der Waals surface area (Å²) >= 11 is 0. The molecule has 2 fully saturated rings. The number of nitrogens with one attached hydrogen (secondary N) is 1. The molecule has 1 amide bonds. The number of halogens is 2. The highest BCUT2D eigenvalue weighted by molar-refractivity contribution is 5.91. The Hall–Kier alpha value is -2.85. The van der Waals surface area contributed by atoms with Gasteiger partial charge in [-0.15, -0.1) is 0 Å². The van der Waals surface area contributed by atoms with Crippen LogP contribution in [0.3, 0.4) is 0 Å². The van der Waals surface area contributed by atoms with E-state index in [0.717, 1.165) is 50.7 Å². The maximum Gasteiger partial charge on any atom is 0.246 e. The number of hydrogen-bond acceptors (Lipinski definition) is 6. The lowest BCUT2D eigenvalue weighted by Gasteiger charge is -2.46. The van der Waals surface area contributed by atoms with Crippen molar-refractivity contribution >= 4 is 17.7 Å². The number of rotatable bonds is 5. The number of fused-ring (bicyclic) bond motifs is 2. The number of hydrogen-bond donors (Lipinski definition) is 4. The van der Waals surface area contributed by atoms with E-state index < -0.39 is 35.4 Å². The highest BCUT2D eigenvalue weighted by Gasteiger charge is 2.48. The van der Waals surface area contributed by atoms with Gasteiger partial charge in [0.2, 0.25) is 5.91 Å². The number of amides is 1. The third kappa shape index (κ3) is 5.13. The third-order valence-electron chi connectivity index (χ3n) is 8.30. The van der Waals surface area contributed by atoms with Crippen molar-refractivity contribution in [1.29, 1.82) is 0 Å². The first-order valence-corrected chi connectivity index (χ1v) is 12.8. The van der Waals surface area contributed by atoms with Crippen LogP contribution in [0, 0.1) is 11.6 Å². The maximum atomic E-state index is 13.4. The van der Waals surface area contributed by atoms with Crippen LogP contribution in [0.2, 0.25) is 0 Å². The number of benzene rings is 2. The fourth-order valence-electron chi connectivity index (χ4n) is 5.94. The first kappa shape index (κ1) is 25.8. The third-order valence-corrected chi connectivity index (χ3v) is 8.30. The Kier molecular flexibility index (Phi) is 7.06. The molecule has 3 atom stereocenters. The summed E-state index contributed by atoms with van der Waals surface area (Å²) in [6.45, 7) is 2.66. The number of para-hydroxylation sites is 1. The summed E-state index contributed by atoms with van der Waals surface area (Å²) in [5.74, 6) is -1.94. The minimum atomic E-state index is -1.73. The number of piperidine rings is 2. The quantitative estimate of drug-likeness (QED) is 0.458. The normalized spacial score (nSPS) is 26.3. The zero-order valence-electron chi connectivity index (χ0n) is 20.6. The highest BCUT2D eigenvalue weighted by Crippen LogP contribution is 2.44. The summed E-state index contributed by atoms with van der Waals surface area (Å²) in [7, 11) is 0. The second-order valence-corrected chi connectivity index (χ2v) is 10.6. The number of aliphatic hydroxyl groups is 3. The standard InChI is InChI=1S/C28H33F2N3O4/c29-20-13-19(14-21(30)15-20)5-6-26(36)33-12-9-28(37,25(35)17-33)24(34)16-32-10-7-27(8-11-32)18-31-23-4-2-1-3-22(23)27/h1-6,13-15,24-25,31,34-35,37H,7-12,16-18H2/b6-5+. The van der Waals surface area contributed by atoms with E-state index in [4.69, 9.17) is 0 Å². The van der Waals surface area contributed by atoms with E-state index in [1.54, 1.807) is 0 Å². The largest absolute Gasteiger partial charge is 0.389 e. The first-order valence-electron chi connectivity index (χ1n) is 12.8. The van der Waals surface area contributed by atoms with Crippen molar-refractivity contribution in [2.45, 2.75) is 42.5 Å². The van der Waals surface area contributed by atoms with E-state index >= 15 is 0 Å². The Balaban J connectivity index is 1.15. The minimum Gasteiger partial charge on any atom is -0.389 e. The molecule has 2 aromatic rings. The van der Waals surface area contributed by atoms with Crippen molar-refractivity contribution < 1.29 is 28.9 Å². The van der Waals surface area contributed by atoms with Gasteiger partial charge >= 0.3 is 0 Å². The maximum absolute atomic E-state index is 13.4. The molecule has 9 heteroatoms. The number of nitrogens with zero attached hydrogens (tertiary/aromatic N) is 2. The van der Waals surface area contributed by atoms with Crippen molar-refractivity contribution in [3.8, 4) is 0 Å². The number of aliphatic hydroxyl groups excluding tert-OH is 2. The molecule has 0 bridgehead atoms. The molecule has 5 rings (SSSR count). The van der Waals surface area contributed by atoms with Gasteiger partial charge in [0.15, 0.2) is 0 Å². The molecule has 3 aliphatic heterocycles. The second kappa shape index (κ2) is 10.1. The molecular weight excluding hydrogens is 480 g/mol. The van der Waals surface area contributed by atoms with Crippen LogP contribution in [0.4, 0.5) is 14.5 Å². The number of likely N-dealkylation sites (tertiary alicyclic amines) is 2. The van der Waals surface area contributed by atoms with E-state index in [0.29, 0.717) is 0 Å². The molecule has 37 heavy (non-hydrogen) atoms. The predicted molar refractivity (Wildman–Crippen MR) is 136 cm³/mol. The lowest BCUT2D eigenvalue weighted by atomic mass is 9.74. The molecule has 3 heterocycles. The lowest BCUT2D eigenvalue weighted by Crippen LogP contribution is -2.64. The summed E-state index contributed by atoms with van der Waals surface area (Å²) in [5, 5.41) is 36.3. The van der Waals surface area contributed by atoms with E-state index in [2.05, 4.69) is 28.4 Å². The second-order valence-electron chi connectivity index (χ2n) is 10.6. The zero-order valence-corrected chi connectivity index (χ0v) is 20.6. The summed E-state index contributed by atoms with van der Waals surface area (Å²) in [5.41, 5.74) is 1.09. The summed E-state index contributed by atoms with van der Waals surface area (Å²) < 4.78 is 26.7. The summed E-state index contributed by atoms with van der Waals surface area (Å²) in [6, 6.07) is 11.3. The molecule has 1 spiro atoms. The van der Waals surface area contributed by atoms with Gasteiger partial charge in [0.05, 0.1) is 6.10 Å². The molecular formula is C28H33F2N3O4.